The summed E-state index contributed by atoms with van der Waals surface area (Å²) in [6, 6.07) is 1.10. The van der Waals surface area contributed by atoms with Crippen LogP contribution in [0.1, 0.15) is 0 Å². The van der Waals surface area contributed by atoms with Crippen LogP contribution < -0.4 is 5.56 Å². The maximum absolute atomic E-state index is 10.7. The molecule has 1 rings (SSSR count). The van der Waals surface area contributed by atoms with Crippen molar-refractivity contribution in [3.8, 4) is 0 Å². The predicted molar refractivity (Wildman–Crippen MR) is 41.0 cm³/mol. The molecule has 5 nitrogen and oxygen atoms in total. The fourth-order valence-corrected chi connectivity index (χ4v) is 0.783. The second-order valence-electron chi connectivity index (χ2n) is 1.83. The molecule has 0 unspecified atom stereocenters. The first-order valence-electron chi connectivity index (χ1n) is 2.67. The Balaban J connectivity index is 3.35. The minimum atomic E-state index is -0.751. The van der Waals surface area contributed by atoms with Gasteiger partial charge in [-0.15, -0.1) is 12.6 Å². The molecule has 0 saturated carbocycles. The van der Waals surface area contributed by atoms with Crippen molar-refractivity contribution >= 4 is 18.3 Å². The highest BCUT2D eigenvalue weighted by molar-refractivity contribution is 7.80. The molecule has 0 aliphatic rings. The SMILES string of the molecule is O=c1[nH]cc(S)cc1[N+](=O)[O-]. The molecule has 0 aromatic carbocycles. The largest absolute Gasteiger partial charge is 0.334 e. The van der Waals surface area contributed by atoms with Crippen molar-refractivity contribution < 1.29 is 4.92 Å². The summed E-state index contributed by atoms with van der Waals surface area (Å²) in [6.45, 7) is 0. The first-order chi connectivity index (χ1) is 5.11. The summed E-state index contributed by atoms with van der Waals surface area (Å²) in [4.78, 5) is 22.6. The van der Waals surface area contributed by atoms with Crippen LogP contribution in [0.15, 0.2) is 22.0 Å². The Morgan fingerprint density at radius 1 is 1.64 bits per heavy atom. The Kier molecular flexibility index (Phi) is 1.95. The van der Waals surface area contributed by atoms with E-state index in [2.05, 4.69) is 17.6 Å². The molecule has 0 atom stereocenters. The third-order valence-corrected chi connectivity index (χ3v) is 1.32. The van der Waals surface area contributed by atoms with Crippen molar-refractivity contribution in [3.05, 3.63) is 32.7 Å². The number of nitrogens with one attached hydrogen (secondary N) is 1. The van der Waals surface area contributed by atoms with E-state index in [4.69, 9.17) is 0 Å². The lowest BCUT2D eigenvalue weighted by molar-refractivity contribution is -0.386. The van der Waals surface area contributed by atoms with E-state index in [1.165, 1.54) is 6.20 Å². The zero-order valence-corrected chi connectivity index (χ0v) is 6.17. The lowest BCUT2D eigenvalue weighted by Gasteiger charge is -1.89. The molecule has 0 spiro atoms. The lowest BCUT2D eigenvalue weighted by Crippen LogP contribution is -2.10. The van der Waals surface area contributed by atoms with E-state index in [0.717, 1.165) is 6.07 Å². The van der Waals surface area contributed by atoms with Gasteiger partial charge in [0.05, 0.1) is 4.92 Å². The first-order valence-corrected chi connectivity index (χ1v) is 3.12. The summed E-state index contributed by atoms with van der Waals surface area (Å²) < 4.78 is 0. The van der Waals surface area contributed by atoms with Gasteiger partial charge >= 0.3 is 11.2 Å². The van der Waals surface area contributed by atoms with Gasteiger partial charge in [0.1, 0.15) is 0 Å². The van der Waals surface area contributed by atoms with E-state index in [9.17, 15) is 14.9 Å². The van der Waals surface area contributed by atoms with Gasteiger partial charge in [-0.05, 0) is 0 Å². The summed E-state index contributed by atoms with van der Waals surface area (Å²) in [5.74, 6) is 0. The van der Waals surface area contributed by atoms with Gasteiger partial charge < -0.3 is 4.98 Å². The van der Waals surface area contributed by atoms with Crippen LogP contribution in [-0.2, 0) is 0 Å². The van der Waals surface area contributed by atoms with Crippen LogP contribution in [0.2, 0.25) is 0 Å². The molecule has 0 bridgehead atoms. The van der Waals surface area contributed by atoms with E-state index in [1.54, 1.807) is 0 Å². The molecule has 0 fully saturated rings. The Hall–Kier alpha value is -1.30. The number of hydrogen-bond acceptors (Lipinski definition) is 4. The highest BCUT2D eigenvalue weighted by atomic mass is 32.1. The quantitative estimate of drug-likeness (QED) is 0.369. The number of nitrogens with zero attached hydrogens (tertiary/aromatic N) is 1. The molecule has 11 heavy (non-hydrogen) atoms. The van der Waals surface area contributed by atoms with E-state index < -0.39 is 16.2 Å². The van der Waals surface area contributed by atoms with Crippen molar-refractivity contribution in [2.75, 3.05) is 0 Å². The average molecular weight is 172 g/mol. The van der Waals surface area contributed by atoms with Crippen molar-refractivity contribution in [3.63, 3.8) is 0 Å². The van der Waals surface area contributed by atoms with Crippen LogP contribution in [0.25, 0.3) is 0 Å². The normalized spacial score (nSPS) is 9.55. The fourth-order valence-electron chi connectivity index (χ4n) is 0.596. The summed E-state index contributed by atoms with van der Waals surface area (Å²) in [5, 5.41) is 10.1. The minimum absolute atomic E-state index is 0.358. The van der Waals surface area contributed by atoms with Crippen LogP contribution in [0.4, 0.5) is 5.69 Å². The minimum Gasteiger partial charge on any atom is -0.322 e. The summed E-state index contributed by atoms with van der Waals surface area (Å²) in [5.41, 5.74) is -1.20. The van der Waals surface area contributed by atoms with Crippen LogP contribution in [-0.4, -0.2) is 9.91 Å². The third-order valence-electron chi connectivity index (χ3n) is 1.07. The van der Waals surface area contributed by atoms with E-state index in [-0.39, 0.29) is 0 Å². The zero-order valence-electron chi connectivity index (χ0n) is 5.27. The van der Waals surface area contributed by atoms with Crippen molar-refractivity contribution in [1.29, 1.82) is 0 Å². The zero-order chi connectivity index (χ0) is 8.43. The van der Waals surface area contributed by atoms with Crippen LogP contribution in [0.5, 0.6) is 0 Å². The highest BCUT2D eigenvalue weighted by Crippen LogP contribution is 2.08. The molecule has 0 amide bonds. The van der Waals surface area contributed by atoms with E-state index in [0.29, 0.717) is 4.90 Å². The number of rotatable bonds is 1. The Labute approximate surface area is 66.6 Å². The monoisotopic (exact) mass is 172 g/mol. The van der Waals surface area contributed by atoms with Crippen LogP contribution in [0.3, 0.4) is 0 Å². The summed E-state index contributed by atoms with van der Waals surface area (Å²) in [6.07, 6.45) is 1.29. The molecular weight excluding hydrogens is 168 g/mol. The number of H-pyrrole nitrogens is 1. The van der Waals surface area contributed by atoms with Crippen molar-refractivity contribution in [1.82, 2.24) is 4.98 Å². The van der Waals surface area contributed by atoms with Crippen LogP contribution >= 0.6 is 12.6 Å². The number of aromatic nitrogens is 1. The molecule has 58 valence electrons. The second-order valence-corrected chi connectivity index (χ2v) is 2.35. The Morgan fingerprint density at radius 3 is 2.73 bits per heavy atom. The van der Waals surface area contributed by atoms with Gasteiger partial charge in [0.2, 0.25) is 0 Å². The maximum Gasteiger partial charge on any atom is 0.334 e. The van der Waals surface area contributed by atoms with Crippen LogP contribution in [0, 0.1) is 10.1 Å². The predicted octanol–water partition coefficient (Wildman–Crippen LogP) is 0.572. The molecule has 1 aromatic rings. The molecular formula is C5H4N2O3S. The van der Waals surface area contributed by atoms with Gasteiger partial charge in [-0.25, -0.2) is 0 Å². The molecule has 1 N–H and O–H groups in total. The van der Waals surface area contributed by atoms with Gasteiger partial charge in [-0.3, -0.25) is 14.9 Å². The fraction of sp³-hybridized carbons (Fsp3) is 0. The number of aromatic amines is 1. The average Bonchev–Trinajstić information content (AvgIpc) is 1.94. The number of pyridine rings is 1. The Morgan fingerprint density at radius 2 is 2.27 bits per heavy atom. The van der Waals surface area contributed by atoms with Gasteiger partial charge in [0, 0.05) is 17.2 Å². The summed E-state index contributed by atoms with van der Waals surface area (Å²) in [7, 11) is 0. The van der Waals surface area contributed by atoms with Crippen molar-refractivity contribution in [2.45, 2.75) is 4.90 Å². The number of thiol groups is 1. The van der Waals surface area contributed by atoms with Gasteiger partial charge in [-0.1, -0.05) is 0 Å². The van der Waals surface area contributed by atoms with E-state index in [1.807, 2.05) is 0 Å². The lowest BCUT2D eigenvalue weighted by atomic mass is 10.4. The molecule has 0 aliphatic carbocycles. The highest BCUT2D eigenvalue weighted by Gasteiger charge is 2.10. The van der Waals surface area contributed by atoms with Crippen molar-refractivity contribution in [2.24, 2.45) is 0 Å². The molecule has 0 radical (unpaired) electrons. The molecule has 0 aliphatic heterocycles. The number of nitro groups is 1. The first kappa shape index (κ1) is 7.80. The molecule has 1 aromatic heterocycles. The smallest absolute Gasteiger partial charge is 0.322 e. The van der Waals surface area contributed by atoms with Gasteiger partial charge in [-0.2, -0.15) is 0 Å². The van der Waals surface area contributed by atoms with Gasteiger partial charge in [0.25, 0.3) is 0 Å². The standard InChI is InChI=1S/C5H4N2O3S/c8-5-4(7(9)10)1-3(11)2-6-5/h1-2,11H,(H,6,8). The molecule has 6 heteroatoms. The topological polar surface area (TPSA) is 76.0 Å². The molecule has 0 saturated heterocycles. The Bertz CT molecular complexity index is 346. The molecule has 1 heterocycles. The number of hydrogen-bond donors (Lipinski definition) is 2. The second kappa shape index (κ2) is 2.75. The maximum atomic E-state index is 10.7. The summed E-state index contributed by atoms with van der Waals surface area (Å²) >= 11 is 3.82. The van der Waals surface area contributed by atoms with E-state index >= 15 is 0 Å². The third kappa shape index (κ3) is 1.58. The van der Waals surface area contributed by atoms with Gasteiger partial charge in [0.15, 0.2) is 0 Å².